The second kappa shape index (κ2) is 24.3. The molecule has 0 aromatic heterocycles. The van der Waals surface area contributed by atoms with E-state index in [1.807, 2.05) is 0 Å². The third kappa shape index (κ3) is 12.7. The van der Waals surface area contributed by atoms with E-state index in [9.17, 15) is 0 Å². The summed E-state index contributed by atoms with van der Waals surface area (Å²) in [5.41, 5.74) is 1.79. The molecule has 7 aromatic rings. The molecule has 0 radical (unpaired) electrons. The van der Waals surface area contributed by atoms with Crippen LogP contribution < -0.4 is 37.1 Å². The summed E-state index contributed by atoms with van der Waals surface area (Å²) in [6.07, 6.45) is 11.3. The van der Waals surface area contributed by atoms with Gasteiger partial charge in [-0.25, -0.2) is 0 Å². The van der Waals surface area contributed by atoms with Crippen LogP contribution in [0.2, 0.25) is 0 Å². The molecule has 2 fully saturated rings. The second-order valence-corrected chi connectivity index (χ2v) is 21.5. The molecule has 0 atom stereocenters. The van der Waals surface area contributed by atoms with Crippen LogP contribution in [0.15, 0.2) is 212 Å². The van der Waals surface area contributed by atoms with Crippen molar-refractivity contribution in [1.29, 1.82) is 0 Å². The number of hydrogen-bond donors (Lipinski definition) is 0. The fraction of sp³-hybridized carbons (Fsp3) is 0.208. The Labute approximate surface area is 358 Å². The van der Waals surface area contributed by atoms with Crippen molar-refractivity contribution < 1.29 is 17.1 Å². The van der Waals surface area contributed by atoms with Gasteiger partial charge < -0.3 is 0 Å². The SMILES string of the molecule is C.[Fe].c1ccc(P(c2ccccc2)C2CCCC2)cc1.c1ccc(P(c2ccccc2)C2CCCC2)cc1.c1ccc(P(c2ccccc2)c2ccccc2)cc1. The molecule has 292 valence electrons. The van der Waals surface area contributed by atoms with Crippen LogP contribution in [0, 0.1) is 0 Å². The Kier molecular flexibility index (Phi) is 19.0. The molecule has 0 spiro atoms. The molecule has 2 aliphatic carbocycles. The van der Waals surface area contributed by atoms with Gasteiger partial charge in [0.1, 0.15) is 0 Å². The molecule has 0 saturated heterocycles. The normalized spacial score (nSPS) is 13.8. The first-order valence-electron chi connectivity index (χ1n) is 20.1. The van der Waals surface area contributed by atoms with Crippen molar-refractivity contribution in [1.82, 2.24) is 0 Å². The zero-order valence-electron chi connectivity index (χ0n) is 32.2. The van der Waals surface area contributed by atoms with Gasteiger partial charge in [0.25, 0.3) is 0 Å². The van der Waals surface area contributed by atoms with Crippen LogP contribution in [-0.4, -0.2) is 11.3 Å². The van der Waals surface area contributed by atoms with Gasteiger partial charge in [0.2, 0.25) is 0 Å². The smallest absolute Gasteiger partial charge is 0 e. The van der Waals surface area contributed by atoms with Crippen molar-refractivity contribution in [3.8, 4) is 0 Å². The van der Waals surface area contributed by atoms with Gasteiger partial charge in [0, 0.05) is 17.1 Å². The summed E-state index contributed by atoms with van der Waals surface area (Å²) in [5.74, 6) is 0. The van der Waals surface area contributed by atoms with Gasteiger partial charge in [-0.3, -0.25) is 0 Å². The number of benzene rings is 7. The van der Waals surface area contributed by atoms with Crippen LogP contribution in [0.3, 0.4) is 0 Å². The van der Waals surface area contributed by atoms with Crippen LogP contribution in [0.1, 0.15) is 58.8 Å². The molecule has 2 aliphatic rings. The summed E-state index contributed by atoms with van der Waals surface area (Å²) in [7, 11) is -0.750. The van der Waals surface area contributed by atoms with Gasteiger partial charge in [-0.1, -0.05) is 245 Å². The van der Waals surface area contributed by atoms with E-state index in [2.05, 4.69) is 212 Å². The molecule has 57 heavy (non-hydrogen) atoms. The largest absolute Gasteiger partial charge is 0.0776 e. The fourth-order valence-corrected chi connectivity index (χ4v) is 16.3. The molecule has 2 saturated carbocycles. The summed E-state index contributed by atoms with van der Waals surface area (Å²) >= 11 is 0. The molecule has 0 nitrogen and oxygen atoms in total. The quantitative estimate of drug-likeness (QED) is 0.100. The monoisotopic (exact) mass is 842 g/mol. The van der Waals surface area contributed by atoms with Gasteiger partial charge in [0.15, 0.2) is 0 Å². The van der Waals surface area contributed by atoms with Crippen molar-refractivity contribution in [2.24, 2.45) is 0 Å². The Hall–Kier alpha value is -3.65. The summed E-state index contributed by atoms with van der Waals surface area (Å²) in [6, 6.07) is 76.8. The molecule has 9 rings (SSSR count). The Morgan fingerprint density at radius 2 is 0.439 bits per heavy atom. The van der Waals surface area contributed by atoms with E-state index in [1.54, 1.807) is 21.2 Å². The second-order valence-electron chi connectivity index (χ2n) is 14.3. The van der Waals surface area contributed by atoms with E-state index >= 15 is 0 Å². The summed E-state index contributed by atoms with van der Waals surface area (Å²) in [6.45, 7) is 0. The van der Waals surface area contributed by atoms with Gasteiger partial charge >= 0.3 is 0 Å². The minimum atomic E-state index is -0.446. The Morgan fingerprint density at radius 1 is 0.263 bits per heavy atom. The molecule has 0 unspecified atom stereocenters. The first-order valence-corrected chi connectivity index (χ1v) is 24.3. The molecule has 0 bridgehead atoms. The molecular formula is C53H57FeP3. The molecule has 7 aromatic carbocycles. The number of rotatable bonds is 9. The van der Waals surface area contributed by atoms with E-state index in [4.69, 9.17) is 0 Å². The average Bonchev–Trinajstić information content (AvgIpc) is 4.01. The average molecular weight is 843 g/mol. The van der Waals surface area contributed by atoms with Gasteiger partial charge in [-0.15, -0.1) is 0 Å². The van der Waals surface area contributed by atoms with Gasteiger partial charge in [-0.2, -0.15) is 0 Å². The molecular weight excluding hydrogens is 785 g/mol. The fourth-order valence-electron chi connectivity index (χ4n) is 8.00. The molecule has 0 heterocycles. The first-order chi connectivity index (χ1) is 27.3. The minimum absolute atomic E-state index is 0. The summed E-state index contributed by atoms with van der Waals surface area (Å²) in [5, 5.41) is 10.4. The first kappa shape index (κ1) is 44.5. The Morgan fingerprint density at radius 3 is 0.632 bits per heavy atom. The van der Waals surface area contributed by atoms with E-state index < -0.39 is 7.92 Å². The van der Waals surface area contributed by atoms with E-state index in [0.717, 1.165) is 11.3 Å². The van der Waals surface area contributed by atoms with Gasteiger partial charge in [-0.05, 0) is 97.9 Å². The van der Waals surface area contributed by atoms with Crippen LogP contribution in [0.25, 0.3) is 0 Å². The number of hydrogen-bond acceptors (Lipinski definition) is 0. The predicted molar refractivity (Wildman–Crippen MR) is 255 cm³/mol. The molecule has 4 heteroatoms. The Bertz CT molecular complexity index is 1790. The molecule has 0 aliphatic heterocycles. The third-order valence-corrected chi connectivity index (χ3v) is 18.9. The van der Waals surface area contributed by atoms with Crippen LogP contribution in [0.5, 0.6) is 0 Å². The summed E-state index contributed by atoms with van der Waals surface area (Å²) < 4.78 is 0. The minimum Gasteiger partial charge on any atom is -0.0776 e. The van der Waals surface area contributed by atoms with Crippen molar-refractivity contribution >= 4 is 60.9 Å². The van der Waals surface area contributed by atoms with Crippen LogP contribution in [-0.2, 0) is 17.1 Å². The topological polar surface area (TPSA) is 0 Å². The molecule has 0 amide bonds. The molecule has 0 N–H and O–H groups in total. The van der Waals surface area contributed by atoms with Crippen molar-refractivity contribution in [3.63, 3.8) is 0 Å². The standard InChI is InChI=1S/C18H15P.2C17H19P.CH4.Fe/c1-4-10-16(11-5-1)19(17-12-6-2-7-13-17)18-14-8-3-9-15-18;2*1-3-9-15(10-4-1)18(17-13-7-8-14-17)16-11-5-2-6-12-16;;/h1-15H;2*1-6,9-12,17H,7-8,13-14H2;1H4;. The van der Waals surface area contributed by atoms with E-state index in [0.29, 0.717) is 0 Å². The van der Waals surface area contributed by atoms with E-state index in [-0.39, 0.29) is 40.3 Å². The zero-order chi connectivity index (χ0) is 37.3. The summed E-state index contributed by atoms with van der Waals surface area (Å²) in [4.78, 5) is 0. The van der Waals surface area contributed by atoms with Crippen LogP contribution in [0.4, 0.5) is 0 Å². The van der Waals surface area contributed by atoms with Crippen molar-refractivity contribution in [2.75, 3.05) is 0 Å². The maximum Gasteiger partial charge on any atom is 0 e. The van der Waals surface area contributed by atoms with Crippen LogP contribution >= 0.6 is 23.8 Å². The maximum atomic E-state index is 2.32. The van der Waals surface area contributed by atoms with Crippen molar-refractivity contribution in [3.05, 3.63) is 212 Å². The van der Waals surface area contributed by atoms with E-state index in [1.165, 1.54) is 67.3 Å². The van der Waals surface area contributed by atoms with Gasteiger partial charge in [0.05, 0.1) is 0 Å². The predicted octanol–water partition coefficient (Wildman–Crippen LogP) is 12.2. The maximum absolute atomic E-state index is 2.32. The Balaban J connectivity index is 0.000000160. The third-order valence-electron chi connectivity index (χ3n) is 10.6. The zero-order valence-corrected chi connectivity index (χ0v) is 36.0. The van der Waals surface area contributed by atoms with Crippen molar-refractivity contribution in [2.45, 2.75) is 70.1 Å².